The van der Waals surface area contributed by atoms with Gasteiger partial charge in [-0.3, -0.25) is 14.6 Å². The molecule has 0 aliphatic carbocycles. The number of imidazole rings is 1. The van der Waals surface area contributed by atoms with Crippen LogP contribution in [0.15, 0.2) is 53.5 Å². The summed E-state index contributed by atoms with van der Waals surface area (Å²) in [6, 6.07) is 11.0. The Morgan fingerprint density at radius 2 is 1.33 bits per heavy atom. The fourth-order valence-corrected chi connectivity index (χ4v) is 8.40. The molecular weight excluding hydrogens is 749 g/mol. The molecule has 3 aromatic carbocycles. The van der Waals surface area contributed by atoms with Crippen molar-refractivity contribution in [1.29, 1.82) is 0 Å². The first kappa shape index (κ1) is 40.3. The van der Waals surface area contributed by atoms with Gasteiger partial charge in [-0.05, 0) is 96.2 Å². The van der Waals surface area contributed by atoms with Gasteiger partial charge in [0, 0.05) is 25.2 Å². The second-order valence-electron chi connectivity index (χ2n) is 15.9. The quantitative estimate of drug-likeness (QED) is 0.153. The number of carbonyl (C=O) groups excluding carboxylic acids is 4. The van der Waals surface area contributed by atoms with Crippen molar-refractivity contribution < 1.29 is 37.4 Å². The zero-order valence-corrected chi connectivity index (χ0v) is 33.5. The van der Waals surface area contributed by atoms with Crippen molar-refractivity contribution in [1.82, 2.24) is 30.4 Å². The number of hydrogen-bond donors (Lipinski definition) is 3. The van der Waals surface area contributed by atoms with Crippen molar-refractivity contribution in [3.63, 3.8) is 0 Å². The molecular formula is C43H49F2N7O6. The predicted molar refractivity (Wildman–Crippen MR) is 214 cm³/mol. The Bertz CT molecular complexity index is 2270. The van der Waals surface area contributed by atoms with E-state index in [9.17, 15) is 19.2 Å². The maximum atomic E-state index is 16.0. The number of benzene rings is 3. The molecule has 306 valence electrons. The van der Waals surface area contributed by atoms with Crippen molar-refractivity contribution in [2.45, 2.75) is 84.0 Å². The summed E-state index contributed by atoms with van der Waals surface area (Å²) in [4.78, 5) is 67.6. The van der Waals surface area contributed by atoms with Gasteiger partial charge in [-0.2, -0.15) is 0 Å². The smallest absolute Gasteiger partial charge is 0.407 e. The zero-order valence-electron chi connectivity index (χ0n) is 33.5. The number of likely N-dealkylation sites (tertiary alicyclic amines) is 2. The lowest BCUT2D eigenvalue weighted by Gasteiger charge is -2.30. The summed E-state index contributed by atoms with van der Waals surface area (Å²) in [5.74, 6) is -1.64. The van der Waals surface area contributed by atoms with Crippen LogP contribution in [0.2, 0.25) is 0 Å². The minimum absolute atomic E-state index is 0.152. The van der Waals surface area contributed by atoms with Crippen molar-refractivity contribution >= 4 is 46.4 Å². The highest BCUT2D eigenvalue weighted by Gasteiger charge is 2.40. The highest BCUT2D eigenvalue weighted by Crippen LogP contribution is 2.38. The Labute approximate surface area is 335 Å². The monoisotopic (exact) mass is 797 g/mol. The molecule has 4 amide bonds. The number of carbonyl (C=O) groups is 4. The third kappa shape index (κ3) is 7.86. The summed E-state index contributed by atoms with van der Waals surface area (Å²) in [6.07, 6.45) is 2.10. The molecule has 3 N–H and O–H groups in total. The fraction of sp³-hybridized carbons (Fsp3) is 0.442. The van der Waals surface area contributed by atoms with Gasteiger partial charge in [-0.1, -0.05) is 39.8 Å². The highest BCUT2D eigenvalue weighted by molar-refractivity contribution is 6.01. The Morgan fingerprint density at radius 1 is 0.759 bits per heavy atom. The number of aromatic nitrogens is 2. The Morgan fingerprint density at radius 3 is 1.91 bits per heavy atom. The summed E-state index contributed by atoms with van der Waals surface area (Å²) in [7, 11) is 2.51. The number of rotatable bonds is 10. The number of amides is 4. The molecule has 7 rings (SSSR count). The number of ether oxygens (including phenoxy) is 2. The number of halogens is 2. The molecule has 0 spiro atoms. The van der Waals surface area contributed by atoms with E-state index < -0.39 is 35.9 Å². The summed E-state index contributed by atoms with van der Waals surface area (Å²) in [5, 5.41) is 5.32. The van der Waals surface area contributed by atoms with E-state index in [1.54, 1.807) is 34.1 Å². The van der Waals surface area contributed by atoms with Crippen molar-refractivity contribution in [2.24, 2.45) is 16.8 Å². The van der Waals surface area contributed by atoms with Gasteiger partial charge >= 0.3 is 12.2 Å². The van der Waals surface area contributed by atoms with Crippen LogP contribution in [0.4, 0.5) is 24.1 Å². The van der Waals surface area contributed by atoms with Crippen LogP contribution in [-0.4, -0.2) is 94.9 Å². The number of alkyl carbamates (subject to hydrolysis) is 2. The Kier molecular flexibility index (Phi) is 11.5. The van der Waals surface area contributed by atoms with E-state index in [1.165, 1.54) is 26.4 Å². The van der Waals surface area contributed by atoms with Crippen LogP contribution < -0.4 is 10.6 Å². The van der Waals surface area contributed by atoms with Gasteiger partial charge in [0.05, 0.1) is 48.6 Å². The van der Waals surface area contributed by atoms with Crippen LogP contribution in [0.1, 0.15) is 70.8 Å². The van der Waals surface area contributed by atoms with Gasteiger partial charge in [-0.15, -0.1) is 0 Å². The van der Waals surface area contributed by atoms with E-state index in [2.05, 4.69) is 15.6 Å². The standard InChI is InChI=1S/C43H49F2N7O6/c1-22(2)37(49-42(55)57-5)40(53)51-15-7-9-34(51)33-21-27-17-24(11-13-30(27)46-33)26-18-28(44)36(29(45)19-26)25-12-14-31-32(20-25)48-39(47-31)35-10-8-16-52(35)41(54)38(23(3)4)50-43(56)58-6/h11-14,17-20,22-23,34-35,37-38H,7-10,15-16,21H2,1-6H3,(H,47,48)(H,49,55)(H,50,56)/t34-,35-,37-,38-/m0/s1. The molecule has 2 saturated heterocycles. The number of aromatic amines is 1. The molecule has 3 aliphatic rings. The molecule has 1 aromatic heterocycles. The average Bonchev–Trinajstić information content (AvgIpc) is 4.02. The number of H-pyrrole nitrogens is 1. The first-order valence-corrected chi connectivity index (χ1v) is 19.8. The molecule has 15 heteroatoms. The lowest BCUT2D eigenvalue weighted by Crippen LogP contribution is -2.53. The second-order valence-corrected chi connectivity index (χ2v) is 15.9. The van der Waals surface area contributed by atoms with E-state index in [4.69, 9.17) is 19.5 Å². The molecule has 0 bridgehead atoms. The average molecular weight is 798 g/mol. The second kappa shape index (κ2) is 16.5. The molecule has 0 saturated carbocycles. The fourth-order valence-electron chi connectivity index (χ4n) is 8.40. The van der Waals surface area contributed by atoms with Crippen LogP contribution in [-0.2, 0) is 25.5 Å². The highest BCUT2D eigenvalue weighted by atomic mass is 19.1. The van der Waals surface area contributed by atoms with Crippen LogP contribution in [0.5, 0.6) is 0 Å². The minimum Gasteiger partial charge on any atom is -0.453 e. The number of aliphatic imine (C=N–C) groups is 1. The van der Waals surface area contributed by atoms with Gasteiger partial charge in [-0.25, -0.2) is 23.4 Å². The van der Waals surface area contributed by atoms with E-state index in [0.29, 0.717) is 59.5 Å². The maximum absolute atomic E-state index is 16.0. The molecule has 13 nitrogen and oxygen atoms in total. The van der Waals surface area contributed by atoms with Crippen LogP contribution in [0, 0.1) is 23.5 Å². The normalized spacial score (nSPS) is 18.7. The van der Waals surface area contributed by atoms with Crippen molar-refractivity contribution in [2.75, 3.05) is 27.3 Å². The largest absolute Gasteiger partial charge is 0.453 e. The van der Waals surface area contributed by atoms with E-state index in [1.807, 2.05) is 39.8 Å². The third-order valence-corrected chi connectivity index (χ3v) is 11.4. The van der Waals surface area contributed by atoms with E-state index in [-0.39, 0.29) is 41.3 Å². The third-order valence-electron chi connectivity index (χ3n) is 11.4. The number of hydrogen-bond acceptors (Lipinski definition) is 8. The zero-order chi connectivity index (χ0) is 41.4. The number of methoxy groups -OCH3 is 2. The van der Waals surface area contributed by atoms with Gasteiger partial charge in [0.25, 0.3) is 0 Å². The maximum Gasteiger partial charge on any atom is 0.407 e. The van der Waals surface area contributed by atoms with Gasteiger partial charge < -0.3 is 34.9 Å². The molecule has 3 aliphatic heterocycles. The molecule has 4 atom stereocenters. The van der Waals surface area contributed by atoms with Gasteiger partial charge in [0.1, 0.15) is 29.5 Å². The van der Waals surface area contributed by atoms with E-state index in [0.717, 1.165) is 36.2 Å². The molecule has 0 unspecified atom stereocenters. The molecule has 4 heterocycles. The van der Waals surface area contributed by atoms with Crippen LogP contribution in [0.3, 0.4) is 0 Å². The van der Waals surface area contributed by atoms with Gasteiger partial charge in [0.2, 0.25) is 11.8 Å². The van der Waals surface area contributed by atoms with E-state index >= 15 is 8.78 Å². The minimum atomic E-state index is -0.775. The lowest BCUT2D eigenvalue weighted by molar-refractivity contribution is -0.135. The first-order chi connectivity index (χ1) is 27.8. The Hall–Kier alpha value is -5.86. The summed E-state index contributed by atoms with van der Waals surface area (Å²) in [5.41, 5.74) is 4.80. The number of nitrogens with zero attached hydrogens (tertiary/aromatic N) is 4. The Balaban J connectivity index is 1.08. The van der Waals surface area contributed by atoms with Crippen LogP contribution >= 0.6 is 0 Å². The molecule has 2 fully saturated rings. The lowest BCUT2D eigenvalue weighted by atomic mass is 9.96. The van der Waals surface area contributed by atoms with Crippen molar-refractivity contribution in [3.05, 3.63) is 71.6 Å². The SMILES string of the molecule is COC(=O)N[C@H](C(=O)N1CCC[C@H]1C1=Nc2ccc(-c3cc(F)c(-c4ccc5nc([C@@H]6CCCN6C(=O)[C@@H](NC(=O)OC)C(C)C)[nH]c5c4)c(F)c3)cc2C1)C(C)C. The molecule has 0 radical (unpaired) electrons. The predicted octanol–water partition coefficient (Wildman–Crippen LogP) is 7.22. The summed E-state index contributed by atoms with van der Waals surface area (Å²) >= 11 is 0. The topological polar surface area (TPSA) is 158 Å². The van der Waals surface area contributed by atoms with Gasteiger partial charge in [0.15, 0.2) is 0 Å². The summed E-state index contributed by atoms with van der Waals surface area (Å²) in [6.45, 7) is 8.48. The summed E-state index contributed by atoms with van der Waals surface area (Å²) < 4.78 is 41.4. The van der Waals surface area contributed by atoms with Crippen LogP contribution in [0.25, 0.3) is 33.3 Å². The number of fused-ring (bicyclic) bond motifs is 2. The number of nitrogens with one attached hydrogen (secondary N) is 3. The molecule has 4 aromatic rings. The van der Waals surface area contributed by atoms with Crippen molar-refractivity contribution in [3.8, 4) is 22.3 Å². The first-order valence-electron chi connectivity index (χ1n) is 19.8. The molecule has 58 heavy (non-hydrogen) atoms.